The molecule has 5 heteroatoms. The lowest BCUT2D eigenvalue weighted by molar-refractivity contribution is 0.112. The van der Waals surface area contributed by atoms with Crippen molar-refractivity contribution >= 4 is 23.7 Å². The summed E-state index contributed by atoms with van der Waals surface area (Å²) in [7, 11) is 0. The van der Waals surface area contributed by atoms with Gasteiger partial charge in [0.2, 0.25) is 0 Å². The number of aromatic nitrogens is 2. The molecule has 0 aromatic carbocycles. The van der Waals surface area contributed by atoms with E-state index in [2.05, 4.69) is 22.2 Å². The van der Waals surface area contributed by atoms with E-state index in [9.17, 15) is 4.79 Å². The van der Waals surface area contributed by atoms with Gasteiger partial charge < -0.3 is 5.32 Å². The van der Waals surface area contributed by atoms with Crippen LogP contribution in [-0.4, -0.2) is 21.8 Å². The molecule has 1 aliphatic carbocycles. The van der Waals surface area contributed by atoms with Gasteiger partial charge in [0.15, 0.2) is 6.29 Å². The van der Waals surface area contributed by atoms with E-state index in [4.69, 9.17) is 11.6 Å². The van der Waals surface area contributed by atoms with Gasteiger partial charge in [0.05, 0.1) is 5.56 Å². The maximum Gasteiger partial charge on any atom is 0.156 e. The zero-order valence-corrected chi connectivity index (χ0v) is 11.5. The lowest BCUT2D eigenvalue weighted by atomic mass is 9.83. The van der Waals surface area contributed by atoms with Crippen molar-refractivity contribution in [1.29, 1.82) is 0 Å². The molecule has 1 N–H and O–H groups in total. The third-order valence-electron chi connectivity index (χ3n) is 3.51. The largest absolute Gasteiger partial charge is 0.364 e. The van der Waals surface area contributed by atoms with Crippen molar-refractivity contribution in [3.63, 3.8) is 0 Å². The molecule has 4 nitrogen and oxygen atoms in total. The Hall–Kier alpha value is -1.16. The van der Waals surface area contributed by atoms with Gasteiger partial charge in [-0.1, -0.05) is 30.9 Å². The molecule has 0 bridgehead atoms. The molecule has 0 unspecified atom stereocenters. The number of nitrogens with zero attached hydrogens (tertiary/aromatic N) is 2. The van der Waals surface area contributed by atoms with E-state index < -0.39 is 0 Å². The number of nitrogens with one attached hydrogen (secondary N) is 1. The summed E-state index contributed by atoms with van der Waals surface area (Å²) < 4.78 is 0. The van der Waals surface area contributed by atoms with Crippen LogP contribution in [0.3, 0.4) is 0 Å². The maximum absolute atomic E-state index is 11.1. The average molecular weight is 268 g/mol. The molecule has 0 saturated heterocycles. The fourth-order valence-corrected chi connectivity index (χ4v) is 2.75. The normalized spacial score (nSPS) is 18.4. The molecule has 1 aromatic heterocycles. The van der Waals surface area contributed by atoms with E-state index in [1.54, 1.807) is 6.92 Å². The number of halogens is 1. The minimum atomic E-state index is 0.000131. The topological polar surface area (TPSA) is 54.9 Å². The standard InChI is InChI=1S/C13H18ClN3O/c1-9-15-11(14)10(8-18)12(16-9)17-13(2)6-4-3-5-7-13/h8H,3-7H2,1-2H3,(H,15,16,17). The Balaban J connectivity index is 2.30. The van der Waals surface area contributed by atoms with E-state index in [0.717, 1.165) is 19.1 Å². The predicted molar refractivity (Wildman–Crippen MR) is 72.3 cm³/mol. The quantitative estimate of drug-likeness (QED) is 0.674. The second kappa shape index (κ2) is 5.22. The highest BCUT2D eigenvalue weighted by atomic mass is 35.5. The highest BCUT2D eigenvalue weighted by Crippen LogP contribution is 2.32. The molecule has 0 atom stereocenters. The lowest BCUT2D eigenvalue weighted by Gasteiger charge is -2.35. The minimum Gasteiger partial charge on any atom is -0.364 e. The van der Waals surface area contributed by atoms with Crippen LogP contribution in [0.1, 0.15) is 55.2 Å². The molecule has 1 heterocycles. The summed E-state index contributed by atoms with van der Waals surface area (Å²) in [5.74, 6) is 1.14. The molecule has 1 aliphatic rings. The van der Waals surface area contributed by atoms with Crippen molar-refractivity contribution in [2.75, 3.05) is 5.32 Å². The maximum atomic E-state index is 11.1. The van der Waals surface area contributed by atoms with E-state index in [-0.39, 0.29) is 10.7 Å². The van der Waals surface area contributed by atoms with Crippen molar-refractivity contribution in [3.8, 4) is 0 Å². The molecule has 18 heavy (non-hydrogen) atoms. The number of aldehydes is 1. The van der Waals surface area contributed by atoms with Gasteiger partial charge >= 0.3 is 0 Å². The summed E-state index contributed by atoms with van der Waals surface area (Å²) in [6.07, 6.45) is 6.59. The Kier molecular flexibility index (Phi) is 3.85. The molecule has 1 aromatic rings. The van der Waals surface area contributed by atoms with Crippen molar-refractivity contribution in [3.05, 3.63) is 16.5 Å². The molecule has 0 radical (unpaired) electrons. The first-order valence-electron chi connectivity index (χ1n) is 6.31. The Morgan fingerprint density at radius 3 is 2.56 bits per heavy atom. The molecule has 1 saturated carbocycles. The van der Waals surface area contributed by atoms with E-state index in [1.165, 1.54) is 19.3 Å². The first kappa shape index (κ1) is 13.3. The van der Waals surface area contributed by atoms with Crippen molar-refractivity contribution in [2.24, 2.45) is 0 Å². The van der Waals surface area contributed by atoms with Crippen LogP contribution in [0.2, 0.25) is 5.15 Å². The fraction of sp³-hybridized carbons (Fsp3) is 0.615. The second-order valence-corrected chi connectivity index (χ2v) is 5.55. The smallest absolute Gasteiger partial charge is 0.156 e. The first-order valence-corrected chi connectivity index (χ1v) is 6.69. The van der Waals surface area contributed by atoms with Gasteiger partial charge in [0, 0.05) is 5.54 Å². The monoisotopic (exact) mass is 267 g/mol. The summed E-state index contributed by atoms with van der Waals surface area (Å²) in [6.45, 7) is 3.95. The van der Waals surface area contributed by atoms with Gasteiger partial charge in [-0.3, -0.25) is 4.79 Å². The number of rotatable bonds is 3. The third-order valence-corrected chi connectivity index (χ3v) is 3.79. The summed E-state index contributed by atoms with van der Waals surface area (Å²) >= 11 is 5.98. The van der Waals surface area contributed by atoms with Gasteiger partial charge in [-0.05, 0) is 26.7 Å². The Bertz CT molecular complexity index is 456. The van der Waals surface area contributed by atoms with Crippen LogP contribution < -0.4 is 5.32 Å². The van der Waals surface area contributed by atoms with Crippen LogP contribution in [0.5, 0.6) is 0 Å². The van der Waals surface area contributed by atoms with Crippen molar-refractivity contribution in [2.45, 2.75) is 51.5 Å². The van der Waals surface area contributed by atoms with E-state index >= 15 is 0 Å². The Labute approximate surface area is 112 Å². The van der Waals surface area contributed by atoms with Crippen LogP contribution in [0.15, 0.2) is 0 Å². The summed E-state index contributed by atoms with van der Waals surface area (Å²) in [5, 5.41) is 3.61. The number of aryl methyl sites for hydroxylation is 1. The highest BCUT2D eigenvalue weighted by molar-refractivity contribution is 6.32. The van der Waals surface area contributed by atoms with Crippen LogP contribution in [-0.2, 0) is 0 Å². The third kappa shape index (κ3) is 2.80. The van der Waals surface area contributed by atoms with Gasteiger partial charge in [-0.15, -0.1) is 0 Å². The number of hydrogen-bond donors (Lipinski definition) is 1. The number of anilines is 1. The SMILES string of the molecule is Cc1nc(Cl)c(C=O)c(NC2(C)CCCCC2)n1. The molecule has 0 aliphatic heterocycles. The molecular weight excluding hydrogens is 250 g/mol. The molecular formula is C13H18ClN3O. The first-order chi connectivity index (χ1) is 8.54. The van der Waals surface area contributed by atoms with Crippen LogP contribution in [0, 0.1) is 6.92 Å². The summed E-state index contributed by atoms with van der Waals surface area (Å²) in [5.41, 5.74) is 0.356. The second-order valence-electron chi connectivity index (χ2n) is 5.19. The van der Waals surface area contributed by atoms with E-state index in [0.29, 0.717) is 17.2 Å². The fourth-order valence-electron chi connectivity index (χ4n) is 2.49. The van der Waals surface area contributed by atoms with E-state index in [1.807, 2.05) is 0 Å². The molecule has 1 fully saturated rings. The highest BCUT2D eigenvalue weighted by Gasteiger charge is 2.28. The zero-order chi connectivity index (χ0) is 13.2. The molecule has 0 spiro atoms. The summed E-state index contributed by atoms with van der Waals surface area (Å²) in [4.78, 5) is 19.4. The van der Waals surface area contributed by atoms with Crippen molar-refractivity contribution in [1.82, 2.24) is 9.97 Å². The number of hydrogen-bond acceptors (Lipinski definition) is 4. The van der Waals surface area contributed by atoms with Gasteiger partial charge in [0.1, 0.15) is 16.8 Å². The lowest BCUT2D eigenvalue weighted by Crippen LogP contribution is -2.37. The van der Waals surface area contributed by atoms with Crippen LogP contribution >= 0.6 is 11.6 Å². The van der Waals surface area contributed by atoms with Crippen molar-refractivity contribution < 1.29 is 4.79 Å². The zero-order valence-electron chi connectivity index (χ0n) is 10.8. The van der Waals surface area contributed by atoms with Gasteiger partial charge in [-0.2, -0.15) is 0 Å². The average Bonchev–Trinajstić information content (AvgIpc) is 2.28. The predicted octanol–water partition coefficient (Wildman–Crippen LogP) is 3.39. The van der Waals surface area contributed by atoms with Gasteiger partial charge in [-0.25, -0.2) is 9.97 Å². The minimum absolute atomic E-state index is 0.000131. The molecule has 98 valence electrons. The Morgan fingerprint density at radius 2 is 1.94 bits per heavy atom. The summed E-state index contributed by atoms with van der Waals surface area (Å²) in [6, 6.07) is 0. The van der Waals surface area contributed by atoms with Crippen LogP contribution in [0.25, 0.3) is 0 Å². The van der Waals surface area contributed by atoms with Gasteiger partial charge in [0.25, 0.3) is 0 Å². The molecule has 2 rings (SSSR count). The number of carbonyl (C=O) groups excluding carboxylic acids is 1. The van der Waals surface area contributed by atoms with Crippen LogP contribution in [0.4, 0.5) is 5.82 Å². The Morgan fingerprint density at radius 1 is 1.28 bits per heavy atom. The molecule has 0 amide bonds. The number of carbonyl (C=O) groups is 1.